The summed E-state index contributed by atoms with van der Waals surface area (Å²) in [5.41, 5.74) is 8.53. The minimum atomic E-state index is 0.455. The summed E-state index contributed by atoms with van der Waals surface area (Å²) in [4.78, 5) is 0. The second-order valence-electron chi connectivity index (χ2n) is 4.06. The molecule has 1 aromatic rings. The number of aryl methyl sites for hydroxylation is 1. The maximum atomic E-state index is 5.74. The van der Waals surface area contributed by atoms with E-state index in [1.807, 2.05) is 6.20 Å². The quantitative estimate of drug-likeness (QED) is 0.746. The fourth-order valence-electron chi connectivity index (χ4n) is 2.16. The van der Waals surface area contributed by atoms with Gasteiger partial charge in [-0.3, -0.25) is 4.68 Å². The number of fused-ring (bicyclic) bond motifs is 1. The largest absolute Gasteiger partial charge is 0.330 e. The van der Waals surface area contributed by atoms with E-state index in [0.29, 0.717) is 12.0 Å². The van der Waals surface area contributed by atoms with Crippen molar-refractivity contribution in [3.8, 4) is 0 Å². The molecule has 13 heavy (non-hydrogen) atoms. The first kappa shape index (κ1) is 8.75. The Kier molecular flexibility index (Phi) is 2.12. The Bertz CT molecular complexity index is 301. The van der Waals surface area contributed by atoms with E-state index in [-0.39, 0.29) is 0 Å². The van der Waals surface area contributed by atoms with Crippen LogP contribution in [0.1, 0.15) is 43.5 Å². The van der Waals surface area contributed by atoms with E-state index in [4.69, 9.17) is 5.73 Å². The minimum Gasteiger partial charge on any atom is -0.330 e. The van der Waals surface area contributed by atoms with Gasteiger partial charge in [0.1, 0.15) is 0 Å². The summed E-state index contributed by atoms with van der Waals surface area (Å²) in [6.07, 6.45) is 4.37. The number of hydrogen-bond acceptors (Lipinski definition) is 2. The molecule has 0 bridgehead atoms. The highest BCUT2D eigenvalue weighted by atomic mass is 15.3. The molecule has 1 unspecified atom stereocenters. The Morgan fingerprint density at radius 3 is 3.08 bits per heavy atom. The molecule has 3 nitrogen and oxygen atoms in total. The van der Waals surface area contributed by atoms with Crippen LogP contribution in [0.5, 0.6) is 0 Å². The molecule has 0 aromatic carbocycles. The van der Waals surface area contributed by atoms with Crippen molar-refractivity contribution in [3.63, 3.8) is 0 Å². The summed E-state index contributed by atoms with van der Waals surface area (Å²) in [6.45, 7) is 5.09. The van der Waals surface area contributed by atoms with Gasteiger partial charge in [-0.1, -0.05) is 0 Å². The summed E-state index contributed by atoms with van der Waals surface area (Å²) >= 11 is 0. The Morgan fingerprint density at radius 2 is 2.46 bits per heavy atom. The van der Waals surface area contributed by atoms with Gasteiger partial charge in [-0.05, 0) is 32.3 Å². The third-order valence-corrected chi connectivity index (χ3v) is 2.84. The van der Waals surface area contributed by atoms with Gasteiger partial charge in [-0.2, -0.15) is 5.10 Å². The fraction of sp³-hybridized carbons (Fsp3) is 0.700. The second-order valence-corrected chi connectivity index (χ2v) is 4.06. The van der Waals surface area contributed by atoms with Gasteiger partial charge in [0, 0.05) is 24.2 Å². The summed E-state index contributed by atoms with van der Waals surface area (Å²) in [6, 6.07) is 0.455. The van der Waals surface area contributed by atoms with Crippen LogP contribution in [0, 0.1) is 0 Å². The molecule has 1 aromatic heterocycles. The maximum absolute atomic E-state index is 5.74. The zero-order valence-electron chi connectivity index (χ0n) is 8.33. The number of aromatic nitrogens is 2. The van der Waals surface area contributed by atoms with E-state index >= 15 is 0 Å². The predicted molar refractivity (Wildman–Crippen MR) is 52.7 cm³/mol. The van der Waals surface area contributed by atoms with Crippen molar-refractivity contribution < 1.29 is 0 Å². The van der Waals surface area contributed by atoms with E-state index in [2.05, 4.69) is 23.6 Å². The van der Waals surface area contributed by atoms with Crippen molar-refractivity contribution in [2.75, 3.05) is 6.54 Å². The lowest BCUT2D eigenvalue weighted by Gasteiger charge is -2.14. The van der Waals surface area contributed by atoms with Crippen LogP contribution in [0.25, 0.3) is 0 Å². The molecule has 2 N–H and O–H groups in total. The van der Waals surface area contributed by atoms with Crippen LogP contribution in [0.15, 0.2) is 6.20 Å². The van der Waals surface area contributed by atoms with Crippen molar-refractivity contribution in [2.24, 2.45) is 5.73 Å². The molecule has 2 rings (SSSR count). The normalized spacial score (nSPS) is 21.1. The number of nitrogens with two attached hydrogens (primary N) is 1. The molecule has 0 radical (unpaired) electrons. The maximum Gasteiger partial charge on any atom is 0.0524 e. The molecule has 0 saturated heterocycles. The molecule has 72 valence electrons. The molecule has 3 heteroatoms. The van der Waals surface area contributed by atoms with Gasteiger partial charge in [-0.25, -0.2) is 0 Å². The lowest BCUT2D eigenvalue weighted by Crippen LogP contribution is -2.16. The Hall–Kier alpha value is -0.830. The van der Waals surface area contributed by atoms with Crippen molar-refractivity contribution in [1.82, 2.24) is 9.78 Å². The molecule has 1 atom stereocenters. The Balaban J connectivity index is 2.40. The van der Waals surface area contributed by atoms with Gasteiger partial charge in [0.05, 0.1) is 6.20 Å². The first-order valence-electron chi connectivity index (χ1n) is 5.00. The van der Waals surface area contributed by atoms with Gasteiger partial charge < -0.3 is 5.73 Å². The third kappa shape index (κ3) is 1.27. The van der Waals surface area contributed by atoms with Gasteiger partial charge >= 0.3 is 0 Å². The van der Waals surface area contributed by atoms with Crippen LogP contribution < -0.4 is 5.73 Å². The van der Waals surface area contributed by atoms with Gasteiger partial charge in [0.15, 0.2) is 0 Å². The second kappa shape index (κ2) is 3.14. The van der Waals surface area contributed by atoms with Crippen LogP contribution in [0.2, 0.25) is 0 Å². The summed E-state index contributed by atoms with van der Waals surface area (Å²) < 4.78 is 2.12. The zero-order chi connectivity index (χ0) is 9.42. The number of hydrogen-bond donors (Lipinski definition) is 1. The molecule has 1 heterocycles. The SMILES string of the molecule is CC(C)n1ncc2c1C(CN)CC2. The molecule has 0 spiro atoms. The highest BCUT2D eigenvalue weighted by molar-refractivity contribution is 5.28. The molecule has 0 aliphatic heterocycles. The van der Waals surface area contributed by atoms with Crippen LogP contribution >= 0.6 is 0 Å². The molecule has 0 amide bonds. The van der Waals surface area contributed by atoms with E-state index in [1.54, 1.807) is 0 Å². The lowest BCUT2D eigenvalue weighted by atomic mass is 10.1. The molecule has 0 saturated carbocycles. The fourth-order valence-corrected chi connectivity index (χ4v) is 2.16. The van der Waals surface area contributed by atoms with Crippen LogP contribution in [-0.4, -0.2) is 16.3 Å². The lowest BCUT2D eigenvalue weighted by molar-refractivity contribution is 0.487. The third-order valence-electron chi connectivity index (χ3n) is 2.84. The average Bonchev–Trinajstić information content (AvgIpc) is 2.61. The topological polar surface area (TPSA) is 43.8 Å². The van der Waals surface area contributed by atoms with Gasteiger partial charge in [-0.15, -0.1) is 0 Å². The van der Waals surface area contributed by atoms with Crippen LogP contribution in [-0.2, 0) is 6.42 Å². The zero-order valence-corrected chi connectivity index (χ0v) is 8.33. The van der Waals surface area contributed by atoms with Crippen molar-refractivity contribution in [1.29, 1.82) is 0 Å². The minimum absolute atomic E-state index is 0.455. The molecule has 1 aliphatic carbocycles. The van der Waals surface area contributed by atoms with Gasteiger partial charge in [0.2, 0.25) is 0 Å². The summed E-state index contributed by atoms with van der Waals surface area (Å²) in [5, 5.41) is 4.40. The molecule has 0 fully saturated rings. The number of rotatable bonds is 2. The monoisotopic (exact) mass is 179 g/mol. The Labute approximate surface area is 78.9 Å². The smallest absolute Gasteiger partial charge is 0.0524 e. The number of nitrogens with zero attached hydrogens (tertiary/aromatic N) is 2. The van der Waals surface area contributed by atoms with Crippen molar-refractivity contribution in [2.45, 2.75) is 38.6 Å². The highest BCUT2D eigenvalue weighted by Crippen LogP contribution is 2.33. The summed E-state index contributed by atoms with van der Waals surface area (Å²) in [5.74, 6) is 0.542. The van der Waals surface area contributed by atoms with Crippen LogP contribution in [0.4, 0.5) is 0 Å². The predicted octanol–water partition coefficient (Wildman–Crippen LogP) is 1.45. The molecule has 1 aliphatic rings. The van der Waals surface area contributed by atoms with E-state index in [0.717, 1.165) is 13.0 Å². The van der Waals surface area contributed by atoms with E-state index < -0.39 is 0 Å². The van der Waals surface area contributed by atoms with Crippen molar-refractivity contribution in [3.05, 3.63) is 17.5 Å². The van der Waals surface area contributed by atoms with E-state index in [9.17, 15) is 0 Å². The van der Waals surface area contributed by atoms with Gasteiger partial charge in [0.25, 0.3) is 0 Å². The average molecular weight is 179 g/mol. The first-order valence-corrected chi connectivity index (χ1v) is 5.00. The van der Waals surface area contributed by atoms with Crippen LogP contribution in [0.3, 0.4) is 0 Å². The van der Waals surface area contributed by atoms with E-state index in [1.165, 1.54) is 17.7 Å². The highest BCUT2D eigenvalue weighted by Gasteiger charge is 2.26. The molecular weight excluding hydrogens is 162 g/mol. The Morgan fingerprint density at radius 1 is 1.69 bits per heavy atom. The summed E-state index contributed by atoms with van der Waals surface area (Å²) in [7, 11) is 0. The first-order chi connectivity index (χ1) is 6.24. The standard InChI is InChI=1S/C10H17N3/c1-7(2)13-10-8(5-11)3-4-9(10)6-12-13/h6-8H,3-5,11H2,1-2H3. The van der Waals surface area contributed by atoms with Crippen molar-refractivity contribution >= 4 is 0 Å². The molecular formula is C10H17N3.